The lowest BCUT2D eigenvalue weighted by Gasteiger charge is -2.43. The van der Waals surface area contributed by atoms with Gasteiger partial charge < -0.3 is 19.4 Å². The zero-order valence-corrected chi connectivity index (χ0v) is 18.3. The molecule has 31 heavy (non-hydrogen) atoms. The van der Waals surface area contributed by atoms with Gasteiger partial charge in [-0.05, 0) is 48.8 Å². The molecular formula is C20H22N3O6S2-. The Bertz CT molecular complexity index is 1160. The molecule has 0 spiro atoms. The van der Waals surface area contributed by atoms with E-state index in [1.54, 1.807) is 27.0 Å². The Morgan fingerprint density at radius 2 is 1.97 bits per heavy atom. The number of carboxylic acid groups (broad SMARTS) is 1. The van der Waals surface area contributed by atoms with E-state index in [0.29, 0.717) is 19.6 Å². The fraction of sp³-hybridized carbons (Fsp3) is 0.450. The molecule has 0 radical (unpaired) electrons. The largest absolute Gasteiger partial charge is 0.550 e. The van der Waals surface area contributed by atoms with Crippen molar-refractivity contribution in [2.45, 2.75) is 42.4 Å². The van der Waals surface area contributed by atoms with Crippen molar-refractivity contribution in [3.05, 3.63) is 45.7 Å². The Hall–Kier alpha value is -2.66. The number of thiophene rings is 1. The van der Waals surface area contributed by atoms with E-state index in [1.165, 1.54) is 12.1 Å². The number of carbonyl (C=O) groups is 2. The fourth-order valence-corrected chi connectivity index (χ4v) is 6.43. The van der Waals surface area contributed by atoms with Crippen molar-refractivity contribution >= 4 is 38.9 Å². The molecule has 1 fully saturated rings. The van der Waals surface area contributed by atoms with Crippen molar-refractivity contribution < 1.29 is 23.1 Å². The molecule has 2 atom stereocenters. The second-order valence-corrected chi connectivity index (χ2v) is 10.8. The van der Waals surface area contributed by atoms with Gasteiger partial charge >= 0.3 is 0 Å². The summed E-state index contributed by atoms with van der Waals surface area (Å²) in [6.45, 7) is 1.36. The molecule has 4 rings (SSSR count). The zero-order valence-electron chi connectivity index (χ0n) is 16.7. The van der Waals surface area contributed by atoms with Gasteiger partial charge in [0.15, 0.2) is 0 Å². The highest BCUT2D eigenvalue weighted by Gasteiger charge is 2.36. The lowest BCUT2D eigenvalue weighted by atomic mass is 9.83. The van der Waals surface area contributed by atoms with E-state index in [0.717, 1.165) is 23.5 Å². The molecule has 2 aliphatic rings. The van der Waals surface area contributed by atoms with E-state index >= 15 is 0 Å². The molecule has 9 nitrogen and oxygen atoms in total. The number of fused-ring (bicyclic) bond motifs is 4. The highest BCUT2D eigenvalue weighted by molar-refractivity contribution is 7.94. The van der Waals surface area contributed by atoms with Crippen LogP contribution < -0.4 is 15.4 Å². The monoisotopic (exact) mass is 464 g/mol. The first kappa shape index (κ1) is 21.6. The maximum absolute atomic E-state index is 13.0. The molecule has 1 amide bonds. The lowest BCUT2D eigenvalue weighted by molar-refractivity contribution is -0.305. The van der Waals surface area contributed by atoms with Crippen molar-refractivity contribution in [2.24, 2.45) is 5.92 Å². The summed E-state index contributed by atoms with van der Waals surface area (Å²) in [5.74, 6) is -1.19. The third kappa shape index (κ3) is 4.52. The van der Waals surface area contributed by atoms with Crippen LogP contribution in [-0.2, 0) is 26.2 Å². The van der Waals surface area contributed by atoms with E-state index in [-0.39, 0.29) is 52.5 Å². The number of aromatic nitrogens is 1. The van der Waals surface area contributed by atoms with E-state index in [9.17, 15) is 27.9 Å². The summed E-state index contributed by atoms with van der Waals surface area (Å²) in [4.78, 5) is 37.8. The first-order valence-electron chi connectivity index (χ1n) is 10.0. The summed E-state index contributed by atoms with van der Waals surface area (Å²) in [6.07, 6.45) is 1.11. The molecule has 2 aromatic heterocycles. The smallest absolute Gasteiger partial charge is 0.275 e. The molecule has 0 aromatic carbocycles. The molecule has 2 bridgehead atoms. The zero-order chi connectivity index (χ0) is 22.2. The maximum Gasteiger partial charge on any atom is 0.275 e. The second kappa shape index (κ2) is 8.46. The highest BCUT2D eigenvalue weighted by Crippen LogP contribution is 2.36. The SMILES string of the molecule is O=C([O-])CCCC(=O)N1C[C@@H]2C[C@H](C1)c1ccc(NS(=O)(=O)c3cccs3)c(=O)n1C2. The maximum atomic E-state index is 13.0. The molecule has 0 aliphatic carbocycles. The summed E-state index contributed by atoms with van der Waals surface area (Å²) in [7, 11) is -3.82. The lowest BCUT2D eigenvalue weighted by Crippen LogP contribution is -2.49. The summed E-state index contributed by atoms with van der Waals surface area (Å²) >= 11 is 1.07. The molecule has 11 heteroatoms. The van der Waals surface area contributed by atoms with Gasteiger partial charge in [-0.2, -0.15) is 0 Å². The third-order valence-electron chi connectivity index (χ3n) is 5.73. The molecule has 1 saturated heterocycles. The summed E-state index contributed by atoms with van der Waals surface area (Å²) in [5, 5.41) is 12.2. The number of carbonyl (C=O) groups excluding carboxylic acids is 2. The van der Waals surface area contributed by atoms with Crippen molar-refractivity contribution in [3.63, 3.8) is 0 Å². The molecule has 2 aromatic rings. The van der Waals surface area contributed by atoms with Crippen LogP contribution in [-0.4, -0.2) is 42.9 Å². The van der Waals surface area contributed by atoms with Gasteiger partial charge in [0.25, 0.3) is 15.6 Å². The van der Waals surface area contributed by atoms with Gasteiger partial charge in [0.05, 0.1) is 0 Å². The number of anilines is 1. The van der Waals surface area contributed by atoms with Crippen LogP contribution in [0.1, 0.15) is 37.3 Å². The minimum Gasteiger partial charge on any atom is -0.550 e. The summed E-state index contributed by atoms with van der Waals surface area (Å²) in [6, 6.07) is 6.34. The normalized spacial score (nSPS) is 20.2. The van der Waals surface area contributed by atoms with Gasteiger partial charge in [-0.15, -0.1) is 11.3 Å². The topological polar surface area (TPSA) is 129 Å². The van der Waals surface area contributed by atoms with E-state index < -0.39 is 16.0 Å². The van der Waals surface area contributed by atoms with Gasteiger partial charge in [-0.3, -0.25) is 14.3 Å². The van der Waals surface area contributed by atoms with E-state index in [1.807, 2.05) is 0 Å². The Morgan fingerprint density at radius 1 is 1.16 bits per heavy atom. The second-order valence-electron chi connectivity index (χ2n) is 7.95. The Kier molecular flexibility index (Phi) is 5.89. The van der Waals surface area contributed by atoms with Crippen LogP contribution in [0, 0.1) is 5.92 Å². The number of pyridine rings is 1. The van der Waals surface area contributed by atoms with Crippen molar-refractivity contribution in [1.82, 2.24) is 9.47 Å². The average Bonchev–Trinajstić information content (AvgIpc) is 3.26. The first-order chi connectivity index (χ1) is 14.7. The number of carboxylic acids is 1. The minimum atomic E-state index is -3.82. The quantitative estimate of drug-likeness (QED) is 0.638. The Balaban J connectivity index is 1.52. The molecular weight excluding hydrogens is 442 g/mol. The van der Waals surface area contributed by atoms with Crippen molar-refractivity contribution in [1.29, 1.82) is 0 Å². The van der Waals surface area contributed by atoms with Crippen LogP contribution in [0.3, 0.4) is 0 Å². The first-order valence-corrected chi connectivity index (χ1v) is 12.4. The molecule has 0 saturated carbocycles. The summed E-state index contributed by atoms with van der Waals surface area (Å²) in [5.41, 5.74) is 0.404. The molecule has 2 aliphatic heterocycles. The molecule has 0 unspecified atom stereocenters. The van der Waals surface area contributed by atoms with E-state index in [2.05, 4.69) is 4.72 Å². The van der Waals surface area contributed by atoms with Crippen LogP contribution in [0.15, 0.2) is 38.6 Å². The van der Waals surface area contributed by atoms with Crippen LogP contribution in [0.25, 0.3) is 0 Å². The van der Waals surface area contributed by atoms with Crippen molar-refractivity contribution in [2.75, 3.05) is 17.8 Å². The number of amides is 1. The standard InChI is InChI=1S/C20H23N3O6S2/c24-17(3-1-4-18(25)26)22-10-13-9-14(12-22)16-7-6-15(20(27)23(16)11-13)21-31(28,29)19-5-2-8-30-19/h2,5-8,13-14,21H,1,3-4,9-12H2,(H,25,26)/p-1/t13-,14+/m0/s1. The number of hydrogen-bond donors (Lipinski definition) is 1. The van der Waals surface area contributed by atoms with E-state index in [4.69, 9.17) is 0 Å². The predicted octanol–water partition coefficient (Wildman–Crippen LogP) is 0.576. The van der Waals surface area contributed by atoms with Crippen LogP contribution in [0.5, 0.6) is 0 Å². The fourth-order valence-electron chi connectivity index (χ4n) is 4.38. The number of hydrogen-bond acceptors (Lipinski definition) is 7. The Labute approximate surface area is 183 Å². The molecule has 1 N–H and O–H groups in total. The van der Waals surface area contributed by atoms with Crippen molar-refractivity contribution in [3.8, 4) is 0 Å². The van der Waals surface area contributed by atoms with Gasteiger partial charge in [0, 0.05) is 43.6 Å². The number of nitrogens with zero attached hydrogens (tertiary/aromatic N) is 2. The number of aliphatic carboxylic acids is 1. The van der Waals surface area contributed by atoms with Crippen LogP contribution in [0.4, 0.5) is 5.69 Å². The Morgan fingerprint density at radius 3 is 2.68 bits per heavy atom. The third-order valence-corrected chi connectivity index (χ3v) is 8.50. The van der Waals surface area contributed by atoms with Gasteiger partial charge in [0.2, 0.25) is 5.91 Å². The highest BCUT2D eigenvalue weighted by atomic mass is 32.2. The minimum absolute atomic E-state index is 0.00679. The number of rotatable bonds is 7. The van der Waals surface area contributed by atoms with Crippen LogP contribution in [0.2, 0.25) is 0 Å². The number of piperidine rings is 1. The summed E-state index contributed by atoms with van der Waals surface area (Å²) < 4.78 is 29.1. The number of sulfonamides is 1. The van der Waals surface area contributed by atoms with Gasteiger partial charge in [-0.25, -0.2) is 8.42 Å². The average molecular weight is 465 g/mol. The predicted molar refractivity (Wildman–Crippen MR) is 112 cm³/mol. The molecule has 166 valence electrons. The van der Waals surface area contributed by atoms with Crippen LogP contribution >= 0.6 is 11.3 Å². The number of nitrogens with one attached hydrogen (secondary N) is 1. The van der Waals surface area contributed by atoms with Gasteiger partial charge in [0.1, 0.15) is 9.90 Å². The molecule has 4 heterocycles. The van der Waals surface area contributed by atoms with Gasteiger partial charge in [-0.1, -0.05) is 6.07 Å². The number of likely N-dealkylation sites (tertiary alicyclic amines) is 1.